The van der Waals surface area contributed by atoms with Crippen molar-refractivity contribution in [1.82, 2.24) is 0 Å². The molecule has 1 heterocycles. The van der Waals surface area contributed by atoms with Crippen molar-refractivity contribution in [1.29, 1.82) is 0 Å². The molecule has 4 rings (SSSR count). The van der Waals surface area contributed by atoms with Crippen LogP contribution < -0.4 is 0 Å². The SMILES string of the molecule is Cc1ccc(C2CC(O)CC(CO)O2)cc1Cc1ccc(C#CC2(O)CCC2)cc1. The van der Waals surface area contributed by atoms with Crippen LogP contribution >= 0.6 is 0 Å². The van der Waals surface area contributed by atoms with Crippen LogP contribution in [0.4, 0.5) is 0 Å². The first kappa shape index (κ1) is 21.1. The highest BCUT2D eigenvalue weighted by molar-refractivity contribution is 5.41. The van der Waals surface area contributed by atoms with Crippen LogP contribution in [0.3, 0.4) is 0 Å². The Hall–Kier alpha value is -2.16. The largest absolute Gasteiger partial charge is 0.394 e. The number of hydrogen-bond acceptors (Lipinski definition) is 4. The molecule has 2 aromatic carbocycles. The fourth-order valence-electron chi connectivity index (χ4n) is 4.16. The molecule has 1 aliphatic carbocycles. The van der Waals surface area contributed by atoms with Crippen molar-refractivity contribution in [3.05, 3.63) is 70.3 Å². The van der Waals surface area contributed by atoms with Crippen molar-refractivity contribution in [2.45, 2.75) is 69.4 Å². The first-order valence-electron chi connectivity index (χ1n) is 10.8. The van der Waals surface area contributed by atoms with Crippen molar-refractivity contribution < 1.29 is 20.1 Å². The van der Waals surface area contributed by atoms with Gasteiger partial charge in [-0.3, -0.25) is 0 Å². The van der Waals surface area contributed by atoms with Crippen LogP contribution in [-0.2, 0) is 11.2 Å². The molecule has 30 heavy (non-hydrogen) atoms. The second kappa shape index (κ2) is 8.91. The maximum atomic E-state index is 10.1. The number of rotatable bonds is 4. The predicted molar refractivity (Wildman–Crippen MR) is 116 cm³/mol. The molecular formula is C26H30O4. The molecular weight excluding hydrogens is 376 g/mol. The molecule has 2 aromatic rings. The van der Waals surface area contributed by atoms with Gasteiger partial charge >= 0.3 is 0 Å². The van der Waals surface area contributed by atoms with E-state index in [4.69, 9.17) is 4.74 Å². The van der Waals surface area contributed by atoms with Crippen LogP contribution in [0, 0.1) is 18.8 Å². The van der Waals surface area contributed by atoms with Crippen molar-refractivity contribution >= 4 is 0 Å². The normalized spacial score (nSPS) is 25.1. The number of aliphatic hydroxyl groups is 3. The van der Waals surface area contributed by atoms with E-state index < -0.39 is 11.7 Å². The van der Waals surface area contributed by atoms with Gasteiger partial charge in [-0.15, -0.1) is 0 Å². The Bertz CT molecular complexity index is 934. The Morgan fingerprint density at radius 2 is 1.87 bits per heavy atom. The molecule has 4 heteroatoms. The van der Waals surface area contributed by atoms with Gasteiger partial charge in [-0.1, -0.05) is 42.2 Å². The van der Waals surface area contributed by atoms with E-state index in [1.165, 1.54) is 16.7 Å². The van der Waals surface area contributed by atoms with Gasteiger partial charge in [-0.05, 0) is 67.0 Å². The average Bonchev–Trinajstić information content (AvgIpc) is 2.73. The van der Waals surface area contributed by atoms with E-state index in [9.17, 15) is 15.3 Å². The minimum atomic E-state index is -0.778. The maximum Gasteiger partial charge on any atom is 0.125 e. The minimum absolute atomic E-state index is 0.0705. The zero-order valence-electron chi connectivity index (χ0n) is 17.5. The predicted octanol–water partition coefficient (Wildman–Crippen LogP) is 3.43. The highest BCUT2D eigenvalue weighted by Gasteiger charge is 2.32. The van der Waals surface area contributed by atoms with E-state index in [-0.39, 0.29) is 18.8 Å². The number of aryl methyl sites for hydroxylation is 1. The lowest BCUT2D eigenvalue weighted by Crippen LogP contribution is -2.34. The van der Waals surface area contributed by atoms with Gasteiger partial charge in [0.2, 0.25) is 0 Å². The van der Waals surface area contributed by atoms with Crippen LogP contribution in [0.5, 0.6) is 0 Å². The summed E-state index contributed by atoms with van der Waals surface area (Å²) in [5, 5.41) is 29.7. The molecule has 158 valence electrons. The molecule has 1 aliphatic heterocycles. The van der Waals surface area contributed by atoms with E-state index in [2.05, 4.69) is 49.1 Å². The van der Waals surface area contributed by atoms with Gasteiger partial charge in [-0.2, -0.15) is 0 Å². The Balaban J connectivity index is 1.47. The van der Waals surface area contributed by atoms with Gasteiger partial charge in [0.1, 0.15) is 5.60 Å². The highest BCUT2D eigenvalue weighted by atomic mass is 16.5. The van der Waals surface area contributed by atoms with Gasteiger partial charge in [0.15, 0.2) is 0 Å². The van der Waals surface area contributed by atoms with Crippen LogP contribution in [0.25, 0.3) is 0 Å². The quantitative estimate of drug-likeness (QED) is 0.681. The lowest BCUT2D eigenvalue weighted by atomic mass is 9.81. The summed E-state index contributed by atoms with van der Waals surface area (Å²) in [7, 11) is 0. The van der Waals surface area contributed by atoms with Gasteiger partial charge in [0.25, 0.3) is 0 Å². The standard InChI is InChI=1S/C26H30O4/c1-18-3-8-21(25-16-23(28)15-24(17-27)30-25)14-22(18)13-20-6-4-19(5-7-20)9-12-26(29)10-2-11-26/h3-8,14,23-25,27-29H,2,10-11,13,15-17H2,1H3. The molecule has 3 N–H and O–H groups in total. The summed E-state index contributed by atoms with van der Waals surface area (Å²) < 4.78 is 5.98. The Morgan fingerprint density at radius 1 is 1.10 bits per heavy atom. The van der Waals surface area contributed by atoms with E-state index >= 15 is 0 Å². The van der Waals surface area contributed by atoms with Gasteiger partial charge in [0, 0.05) is 18.4 Å². The van der Waals surface area contributed by atoms with E-state index in [0.717, 1.165) is 36.8 Å². The zero-order chi connectivity index (χ0) is 21.1. The molecule has 3 atom stereocenters. The van der Waals surface area contributed by atoms with Gasteiger partial charge < -0.3 is 20.1 Å². The second-order valence-electron chi connectivity index (χ2n) is 8.75. The minimum Gasteiger partial charge on any atom is -0.394 e. The van der Waals surface area contributed by atoms with Crippen LogP contribution in [0.1, 0.15) is 66.0 Å². The summed E-state index contributed by atoms with van der Waals surface area (Å²) in [4.78, 5) is 0. The number of aliphatic hydroxyl groups excluding tert-OH is 2. The number of benzene rings is 2. The van der Waals surface area contributed by atoms with Crippen molar-refractivity contribution in [3.8, 4) is 11.8 Å². The average molecular weight is 407 g/mol. The van der Waals surface area contributed by atoms with E-state index in [1.54, 1.807) is 0 Å². The molecule has 0 aromatic heterocycles. The third-order valence-electron chi connectivity index (χ3n) is 6.30. The molecule has 2 fully saturated rings. The van der Waals surface area contributed by atoms with Gasteiger partial charge in [-0.25, -0.2) is 0 Å². The summed E-state index contributed by atoms with van der Waals surface area (Å²) >= 11 is 0. The van der Waals surface area contributed by atoms with Gasteiger partial charge in [0.05, 0.1) is 24.9 Å². The fourth-order valence-corrected chi connectivity index (χ4v) is 4.16. The molecule has 0 radical (unpaired) electrons. The van der Waals surface area contributed by atoms with Crippen LogP contribution in [-0.4, -0.2) is 39.7 Å². The van der Waals surface area contributed by atoms with Crippen molar-refractivity contribution in [2.75, 3.05) is 6.61 Å². The van der Waals surface area contributed by atoms with E-state index in [1.807, 2.05) is 12.1 Å². The first-order chi connectivity index (χ1) is 14.4. The lowest BCUT2D eigenvalue weighted by Gasteiger charge is -2.32. The summed E-state index contributed by atoms with van der Waals surface area (Å²) in [5.74, 6) is 6.09. The van der Waals surface area contributed by atoms with Crippen molar-refractivity contribution in [2.24, 2.45) is 0 Å². The monoisotopic (exact) mass is 406 g/mol. The third kappa shape index (κ3) is 4.94. The molecule has 0 bridgehead atoms. The topological polar surface area (TPSA) is 69.9 Å². The summed E-state index contributed by atoms with van der Waals surface area (Å²) in [6.45, 7) is 2.03. The molecule has 3 unspecified atom stereocenters. The third-order valence-corrected chi connectivity index (χ3v) is 6.30. The first-order valence-corrected chi connectivity index (χ1v) is 10.8. The maximum absolute atomic E-state index is 10.1. The smallest absolute Gasteiger partial charge is 0.125 e. The van der Waals surface area contributed by atoms with Crippen LogP contribution in [0.15, 0.2) is 42.5 Å². The summed E-state index contributed by atoms with van der Waals surface area (Å²) in [5.41, 5.74) is 4.82. The molecule has 4 nitrogen and oxygen atoms in total. The molecule has 1 saturated heterocycles. The van der Waals surface area contributed by atoms with E-state index in [0.29, 0.717) is 12.8 Å². The van der Waals surface area contributed by atoms with Crippen LogP contribution in [0.2, 0.25) is 0 Å². The zero-order valence-corrected chi connectivity index (χ0v) is 17.5. The second-order valence-corrected chi connectivity index (χ2v) is 8.75. The highest BCUT2D eigenvalue weighted by Crippen LogP contribution is 2.33. The Labute approximate surface area is 178 Å². The summed E-state index contributed by atoms with van der Waals surface area (Å²) in [6, 6.07) is 14.5. The molecule has 1 saturated carbocycles. The molecule has 2 aliphatic rings. The molecule has 0 spiro atoms. The van der Waals surface area contributed by atoms with Crippen molar-refractivity contribution in [3.63, 3.8) is 0 Å². The Morgan fingerprint density at radius 3 is 2.53 bits per heavy atom. The summed E-state index contributed by atoms with van der Waals surface area (Å²) in [6.07, 6.45) is 3.48. The Kier molecular flexibility index (Phi) is 6.26. The fraction of sp³-hybridized carbons (Fsp3) is 0.462. The number of hydrogen-bond donors (Lipinski definition) is 3. The number of ether oxygens (including phenoxy) is 1. The molecule has 0 amide bonds. The lowest BCUT2D eigenvalue weighted by molar-refractivity contribution is -0.113.